The van der Waals surface area contributed by atoms with Gasteiger partial charge in [-0.2, -0.15) is 0 Å². The lowest BCUT2D eigenvalue weighted by molar-refractivity contribution is -0.142. The molecule has 1 aromatic carbocycles. The molecular weight excluding hydrogens is 274 g/mol. The molecule has 1 unspecified atom stereocenters. The zero-order valence-electron chi connectivity index (χ0n) is 10.4. The van der Waals surface area contributed by atoms with Crippen LogP contribution in [0.4, 0.5) is 0 Å². The van der Waals surface area contributed by atoms with E-state index in [4.69, 9.17) is 21.1 Å². The fourth-order valence-corrected chi connectivity index (χ4v) is 1.88. The van der Waals surface area contributed by atoms with Crippen LogP contribution in [0.15, 0.2) is 12.1 Å². The summed E-state index contributed by atoms with van der Waals surface area (Å²) >= 11 is 5.97. The highest BCUT2D eigenvalue weighted by Crippen LogP contribution is 2.39. The van der Waals surface area contributed by atoms with E-state index < -0.39 is 17.9 Å². The smallest absolute Gasteiger partial charge is 0.328 e. The lowest BCUT2D eigenvalue weighted by atomic mass is 10.1. The maximum atomic E-state index is 12.0. The van der Waals surface area contributed by atoms with Crippen LogP contribution < -0.4 is 14.8 Å². The van der Waals surface area contributed by atoms with Crippen LogP contribution in [0, 0.1) is 0 Å². The molecule has 1 aliphatic rings. The number of halogens is 1. The van der Waals surface area contributed by atoms with Gasteiger partial charge in [-0.25, -0.2) is 4.79 Å². The molecule has 1 aromatic rings. The van der Waals surface area contributed by atoms with E-state index in [2.05, 4.69) is 10.1 Å². The number of carbonyl (C=O) groups is 2. The van der Waals surface area contributed by atoms with E-state index in [-0.39, 0.29) is 17.4 Å². The molecule has 0 spiro atoms. The second-order valence-corrected chi connectivity index (χ2v) is 4.32. The molecule has 0 saturated heterocycles. The molecule has 0 aliphatic carbocycles. The monoisotopic (exact) mass is 285 g/mol. The molecule has 1 heterocycles. The van der Waals surface area contributed by atoms with Crippen molar-refractivity contribution in [3.63, 3.8) is 0 Å². The topological polar surface area (TPSA) is 73.9 Å². The number of benzene rings is 1. The minimum atomic E-state index is -0.748. The molecule has 7 heteroatoms. The van der Waals surface area contributed by atoms with Crippen LogP contribution in [0.3, 0.4) is 0 Å². The molecular formula is C12H12ClNO5. The number of rotatable bonds is 3. The number of carbonyl (C=O) groups excluding carboxylic acids is 2. The van der Waals surface area contributed by atoms with Crippen molar-refractivity contribution in [3.05, 3.63) is 22.7 Å². The van der Waals surface area contributed by atoms with Crippen molar-refractivity contribution in [1.82, 2.24) is 5.32 Å². The Morgan fingerprint density at radius 2 is 2.16 bits per heavy atom. The Hall–Kier alpha value is -1.95. The van der Waals surface area contributed by atoms with Crippen molar-refractivity contribution in [2.75, 3.05) is 13.9 Å². The van der Waals surface area contributed by atoms with Gasteiger partial charge >= 0.3 is 5.97 Å². The molecule has 0 bridgehead atoms. The van der Waals surface area contributed by atoms with E-state index in [0.29, 0.717) is 11.5 Å². The molecule has 19 heavy (non-hydrogen) atoms. The van der Waals surface area contributed by atoms with Gasteiger partial charge in [0, 0.05) is 5.56 Å². The van der Waals surface area contributed by atoms with Crippen molar-refractivity contribution in [3.8, 4) is 11.5 Å². The molecule has 1 amide bonds. The van der Waals surface area contributed by atoms with Gasteiger partial charge in [-0.3, -0.25) is 4.79 Å². The fourth-order valence-electron chi connectivity index (χ4n) is 1.61. The molecule has 6 nitrogen and oxygen atoms in total. The Bertz CT molecular complexity index is 531. The summed E-state index contributed by atoms with van der Waals surface area (Å²) in [7, 11) is 1.25. The number of hydrogen-bond acceptors (Lipinski definition) is 5. The maximum absolute atomic E-state index is 12.0. The van der Waals surface area contributed by atoms with E-state index in [1.54, 1.807) is 0 Å². The predicted octanol–water partition coefficient (Wildman–Crippen LogP) is 1.36. The first kappa shape index (κ1) is 13.5. The highest BCUT2D eigenvalue weighted by molar-refractivity contribution is 6.32. The van der Waals surface area contributed by atoms with Crippen LogP contribution in [-0.4, -0.2) is 31.8 Å². The van der Waals surface area contributed by atoms with Gasteiger partial charge in [-0.05, 0) is 19.1 Å². The molecule has 0 aromatic heterocycles. The van der Waals surface area contributed by atoms with Gasteiger partial charge in [0.25, 0.3) is 5.91 Å². The Kier molecular flexibility index (Phi) is 3.80. The van der Waals surface area contributed by atoms with E-state index in [9.17, 15) is 9.59 Å². The van der Waals surface area contributed by atoms with Crippen LogP contribution in [0.1, 0.15) is 17.3 Å². The molecule has 0 fully saturated rings. The molecule has 1 N–H and O–H groups in total. The first-order chi connectivity index (χ1) is 9.02. The van der Waals surface area contributed by atoms with Gasteiger partial charge in [0.2, 0.25) is 6.79 Å². The van der Waals surface area contributed by atoms with Crippen LogP contribution in [0.25, 0.3) is 0 Å². The highest BCUT2D eigenvalue weighted by atomic mass is 35.5. The maximum Gasteiger partial charge on any atom is 0.328 e. The van der Waals surface area contributed by atoms with Gasteiger partial charge in [-0.15, -0.1) is 0 Å². The van der Waals surface area contributed by atoms with Crippen molar-refractivity contribution in [1.29, 1.82) is 0 Å². The Labute approximate surface area is 114 Å². The third-order valence-corrected chi connectivity index (χ3v) is 2.87. The van der Waals surface area contributed by atoms with Crippen molar-refractivity contribution in [2.45, 2.75) is 13.0 Å². The van der Waals surface area contributed by atoms with Crippen molar-refractivity contribution in [2.24, 2.45) is 0 Å². The number of ether oxygens (including phenoxy) is 3. The van der Waals surface area contributed by atoms with Gasteiger partial charge < -0.3 is 19.5 Å². The molecule has 0 radical (unpaired) electrons. The largest absolute Gasteiger partial charge is 0.467 e. The molecule has 1 atom stereocenters. The Morgan fingerprint density at radius 3 is 2.84 bits per heavy atom. The van der Waals surface area contributed by atoms with E-state index in [0.717, 1.165) is 0 Å². The standard InChI is InChI=1S/C12H12ClNO5/c1-6(12(16)17-2)14-11(15)7-3-8(13)10-9(4-7)18-5-19-10/h3-4,6H,5H2,1-2H3,(H,14,15). The summed E-state index contributed by atoms with van der Waals surface area (Å²) < 4.78 is 14.8. The SMILES string of the molecule is COC(=O)C(C)NC(=O)c1cc(Cl)c2c(c1)OCO2. The number of amides is 1. The highest BCUT2D eigenvalue weighted by Gasteiger charge is 2.22. The van der Waals surface area contributed by atoms with E-state index in [1.165, 1.54) is 26.2 Å². The number of hydrogen-bond donors (Lipinski definition) is 1. The van der Waals surface area contributed by atoms with Gasteiger partial charge in [0.15, 0.2) is 11.5 Å². The van der Waals surface area contributed by atoms with Gasteiger partial charge in [-0.1, -0.05) is 11.6 Å². The second-order valence-electron chi connectivity index (χ2n) is 3.91. The van der Waals surface area contributed by atoms with Gasteiger partial charge in [0.1, 0.15) is 6.04 Å². The second kappa shape index (κ2) is 5.36. The number of methoxy groups -OCH3 is 1. The number of nitrogens with one attached hydrogen (secondary N) is 1. The third-order valence-electron chi connectivity index (χ3n) is 2.59. The normalized spacial score (nSPS) is 13.8. The zero-order chi connectivity index (χ0) is 14.0. The molecule has 0 saturated carbocycles. The minimum Gasteiger partial charge on any atom is -0.467 e. The van der Waals surface area contributed by atoms with Gasteiger partial charge in [0.05, 0.1) is 12.1 Å². The van der Waals surface area contributed by atoms with Crippen molar-refractivity contribution >= 4 is 23.5 Å². The lowest BCUT2D eigenvalue weighted by Crippen LogP contribution is -2.39. The fraction of sp³-hybridized carbons (Fsp3) is 0.333. The Balaban J connectivity index is 2.16. The Morgan fingerprint density at radius 1 is 1.42 bits per heavy atom. The number of esters is 1. The first-order valence-corrected chi connectivity index (χ1v) is 5.88. The first-order valence-electron chi connectivity index (χ1n) is 5.50. The molecule has 1 aliphatic heterocycles. The summed E-state index contributed by atoms with van der Waals surface area (Å²) in [6.45, 7) is 1.59. The third kappa shape index (κ3) is 2.73. The van der Waals surface area contributed by atoms with Crippen LogP contribution >= 0.6 is 11.6 Å². The van der Waals surface area contributed by atoms with E-state index >= 15 is 0 Å². The summed E-state index contributed by atoms with van der Waals surface area (Å²) in [5.41, 5.74) is 0.282. The lowest BCUT2D eigenvalue weighted by Gasteiger charge is -2.12. The summed E-state index contributed by atoms with van der Waals surface area (Å²) in [6.07, 6.45) is 0. The predicted molar refractivity (Wildman–Crippen MR) is 66.5 cm³/mol. The summed E-state index contributed by atoms with van der Waals surface area (Å²) in [5, 5.41) is 2.78. The summed E-state index contributed by atoms with van der Waals surface area (Å²) in [6, 6.07) is 2.21. The average molecular weight is 286 g/mol. The molecule has 2 rings (SSSR count). The van der Waals surface area contributed by atoms with Crippen LogP contribution in [0.5, 0.6) is 11.5 Å². The zero-order valence-corrected chi connectivity index (χ0v) is 11.1. The average Bonchev–Trinajstić information content (AvgIpc) is 2.86. The molecule has 102 valence electrons. The van der Waals surface area contributed by atoms with Crippen LogP contribution in [-0.2, 0) is 9.53 Å². The van der Waals surface area contributed by atoms with E-state index in [1.807, 2.05) is 0 Å². The quantitative estimate of drug-likeness (QED) is 0.849. The summed E-state index contributed by atoms with van der Waals surface area (Å²) in [4.78, 5) is 23.2. The van der Waals surface area contributed by atoms with Crippen LogP contribution in [0.2, 0.25) is 5.02 Å². The number of fused-ring (bicyclic) bond motifs is 1. The minimum absolute atomic E-state index is 0.0681. The van der Waals surface area contributed by atoms with Crippen molar-refractivity contribution < 1.29 is 23.8 Å². The summed E-state index contributed by atoms with van der Waals surface area (Å²) in [5.74, 6) is -0.152.